The third-order valence-corrected chi connectivity index (χ3v) is 3.01. The van der Waals surface area contributed by atoms with Crippen molar-refractivity contribution < 1.29 is 9.84 Å². The first kappa shape index (κ1) is 13.8. The molecule has 0 amide bonds. The largest absolute Gasteiger partial charge is 0.485 e. The number of nitrogens with zero attached hydrogens (tertiary/aromatic N) is 3. The molecule has 1 aromatic carbocycles. The Labute approximate surface area is 116 Å². The third kappa shape index (κ3) is 3.24. The minimum atomic E-state index is -0.641. The van der Waals surface area contributed by atoms with Crippen molar-refractivity contribution in [1.82, 2.24) is 14.8 Å². The lowest BCUT2D eigenvalue weighted by Gasteiger charge is -2.13. The molecule has 2 aromatic rings. The smallest absolute Gasteiger partial charge is 0.164 e. The van der Waals surface area contributed by atoms with E-state index in [1.165, 1.54) is 6.33 Å². The lowest BCUT2D eigenvalue weighted by molar-refractivity contribution is 0.189. The molecule has 1 N–H and O–H groups in total. The van der Waals surface area contributed by atoms with Crippen LogP contribution < -0.4 is 4.74 Å². The molecule has 0 radical (unpaired) electrons. The summed E-state index contributed by atoms with van der Waals surface area (Å²) in [7, 11) is 0. The molecule has 0 spiro atoms. The molecule has 6 heteroatoms. The molecule has 2 rings (SSSR count). The Bertz CT molecular complexity index is 555. The van der Waals surface area contributed by atoms with Crippen LogP contribution in [0.3, 0.4) is 0 Å². The summed E-state index contributed by atoms with van der Waals surface area (Å²) < 4.78 is 7.46. The molecule has 19 heavy (non-hydrogen) atoms. The lowest BCUT2D eigenvalue weighted by atomic mass is 10.1. The quantitative estimate of drug-likeness (QED) is 0.915. The fourth-order valence-corrected chi connectivity index (χ4v) is 1.96. The van der Waals surface area contributed by atoms with E-state index >= 15 is 0 Å². The van der Waals surface area contributed by atoms with Crippen LogP contribution in [0.15, 0.2) is 24.5 Å². The van der Waals surface area contributed by atoms with Gasteiger partial charge in [0, 0.05) is 17.1 Å². The van der Waals surface area contributed by atoms with Crippen molar-refractivity contribution in [2.24, 2.45) is 0 Å². The van der Waals surface area contributed by atoms with Gasteiger partial charge in [-0.3, -0.25) is 0 Å². The van der Waals surface area contributed by atoms with E-state index in [2.05, 4.69) is 10.1 Å². The van der Waals surface area contributed by atoms with Gasteiger partial charge in [-0.15, -0.1) is 0 Å². The van der Waals surface area contributed by atoms with E-state index in [1.54, 1.807) is 29.8 Å². The van der Waals surface area contributed by atoms with Crippen molar-refractivity contribution in [3.63, 3.8) is 0 Å². The minimum Gasteiger partial charge on any atom is -0.485 e. The van der Waals surface area contributed by atoms with Crippen molar-refractivity contribution in [2.75, 3.05) is 0 Å². The SMILES string of the molecule is CCn1ncnc1COc1ccc(Cl)cc1[C@H](C)O. The summed E-state index contributed by atoms with van der Waals surface area (Å²) in [6, 6.07) is 5.18. The maximum Gasteiger partial charge on any atom is 0.164 e. The Kier molecular flexibility index (Phi) is 4.39. The highest BCUT2D eigenvalue weighted by Gasteiger charge is 2.11. The average Bonchev–Trinajstić information content (AvgIpc) is 2.84. The molecule has 1 heterocycles. The van der Waals surface area contributed by atoms with Gasteiger partial charge in [-0.2, -0.15) is 5.10 Å². The Hall–Kier alpha value is -1.59. The summed E-state index contributed by atoms with van der Waals surface area (Å²) >= 11 is 5.92. The molecule has 0 aliphatic rings. The van der Waals surface area contributed by atoms with Crippen molar-refractivity contribution in [3.8, 4) is 5.75 Å². The number of hydrogen-bond donors (Lipinski definition) is 1. The third-order valence-electron chi connectivity index (χ3n) is 2.77. The van der Waals surface area contributed by atoms with E-state index in [9.17, 15) is 5.11 Å². The molecular formula is C13H16ClN3O2. The number of aromatic nitrogens is 3. The Morgan fingerprint density at radius 1 is 1.47 bits per heavy atom. The van der Waals surface area contributed by atoms with Crippen molar-refractivity contribution in [1.29, 1.82) is 0 Å². The Morgan fingerprint density at radius 2 is 2.26 bits per heavy atom. The molecule has 0 fully saturated rings. The molecule has 0 saturated carbocycles. The van der Waals surface area contributed by atoms with Gasteiger partial charge in [0.15, 0.2) is 5.82 Å². The van der Waals surface area contributed by atoms with Crippen LogP contribution in [-0.2, 0) is 13.2 Å². The minimum absolute atomic E-state index is 0.301. The highest BCUT2D eigenvalue weighted by Crippen LogP contribution is 2.28. The molecule has 0 unspecified atom stereocenters. The monoisotopic (exact) mass is 281 g/mol. The molecule has 0 aliphatic heterocycles. The molecule has 102 valence electrons. The topological polar surface area (TPSA) is 60.2 Å². The van der Waals surface area contributed by atoms with E-state index in [1.807, 2.05) is 6.92 Å². The molecule has 0 aliphatic carbocycles. The Balaban J connectivity index is 2.15. The van der Waals surface area contributed by atoms with E-state index in [0.29, 0.717) is 22.9 Å². The first-order chi connectivity index (χ1) is 9.11. The number of rotatable bonds is 5. The van der Waals surface area contributed by atoms with Crippen LogP contribution in [0.5, 0.6) is 5.75 Å². The zero-order valence-corrected chi connectivity index (χ0v) is 11.6. The second kappa shape index (κ2) is 6.04. The number of benzene rings is 1. The van der Waals surface area contributed by atoms with Crippen LogP contribution in [0.2, 0.25) is 5.02 Å². The highest BCUT2D eigenvalue weighted by molar-refractivity contribution is 6.30. The number of aryl methyl sites for hydroxylation is 1. The normalized spacial score (nSPS) is 12.4. The predicted molar refractivity (Wildman–Crippen MR) is 72.1 cm³/mol. The number of aliphatic hydroxyl groups excluding tert-OH is 1. The van der Waals surface area contributed by atoms with Crippen molar-refractivity contribution >= 4 is 11.6 Å². The molecule has 5 nitrogen and oxygen atoms in total. The summed E-state index contributed by atoms with van der Waals surface area (Å²) in [4.78, 5) is 4.13. The van der Waals surface area contributed by atoms with E-state index < -0.39 is 6.10 Å². The lowest BCUT2D eigenvalue weighted by Crippen LogP contribution is -2.08. The van der Waals surface area contributed by atoms with Crippen molar-refractivity contribution in [3.05, 3.63) is 40.9 Å². The number of hydrogen-bond acceptors (Lipinski definition) is 4. The summed E-state index contributed by atoms with van der Waals surface area (Å²) in [5.41, 5.74) is 0.662. The maximum atomic E-state index is 9.72. The van der Waals surface area contributed by atoms with Gasteiger partial charge < -0.3 is 9.84 Å². The zero-order chi connectivity index (χ0) is 13.8. The molecular weight excluding hydrogens is 266 g/mol. The summed E-state index contributed by atoms with van der Waals surface area (Å²) in [6.45, 7) is 4.70. The molecule has 1 aromatic heterocycles. The second-order valence-corrected chi connectivity index (χ2v) is 4.58. The number of aliphatic hydroxyl groups is 1. The van der Waals surface area contributed by atoms with Crippen LogP contribution in [0.25, 0.3) is 0 Å². The van der Waals surface area contributed by atoms with E-state index in [-0.39, 0.29) is 0 Å². The number of ether oxygens (including phenoxy) is 1. The van der Waals surface area contributed by atoms with Gasteiger partial charge in [-0.05, 0) is 32.0 Å². The van der Waals surface area contributed by atoms with Gasteiger partial charge in [0.2, 0.25) is 0 Å². The average molecular weight is 282 g/mol. The van der Waals surface area contributed by atoms with Gasteiger partial charge in [0.05, 0.1) is 6.10 Å². The zero-order valence-electron chi connectivity index (χ0n) is 10.9. The van der Waals surface area contributed by atoms with Gasteiger partial charge in [-0.25, -0.2) is 9.67 Å². The predicted octanol–water partition coefficient (Wildman–Crippen LogP) is 2.58. The van der Waals surface area contributed by atoms with Gasteiger partial charge in [-0.1, -0.05) is 11.6 Å². The van der Waals surface area contributed by atoms with Crippen LogP contribution in [-0.4, -0.2) is 19.9 Å². The fraction of sp³-hybridized carbons (Fsp3) is 0.385. The molecule has 1 atom stereocenters. The van der Waals surface area contributed by atoms with Crippen molar-refractivity contribution in [2.45, 2.75) is 33.1 Å². The number of halogens is 1. The van der Waals surface area contributed by atoms with Gasteiger partial charge in [0.1, 0.15) is 18.7 Å². The standard InChI is InChI=1S/C13H16ClN3O2/c1-3-17-13(15-8-16-17)7-19-12-5-4-10(14)6-11(12)9(2)18/h4-6,8-9,18H,3,7H2,1-2H3/t9-/m0/s1. The van der Waals surface area contributed by atoms with Crippen LogP contribution >= 0.6 is 11.6 Å². The van der Waals surface area contributed by atoms with Gasteiger partial charge >= 0.3 is 0 Å². The molecule has 0 bridgehead atoms. The Morgan fingerprint density at radius 3 is 2.95 bits per heavy atom. The fourth-order valence-electron chi connectivity index (χ4n) is 1.78. The summed E-state index contributed by atoms with van der Waals surface area (Å²) in [6.07, 6.45) is 0.859. The van der Waals surface area contributed by atoms with Crippen LogP contribution in [0.4, 0.5) is 0 Å². The van der Waals surface area contributed by atoms with Gasteiger partial charge in [0.25, 0.3) is 0 Å². The maximum absolute atomic E-state index is 9.72. The summed E-state index contributed by atoms with van der Waals surface area (Å²) in [5.74, 6) is 1.35. The summed E-state index contributed by atoms with van der Waals surface area (Å²) in [5, 5.41) is 14.4. The van der Waals surface area contributed by atoms with E-state index in [0.717, 1.165) is 12.4 Å². The first-order valence-corrected chi connectivity index (χ1v) is 6.46. The van der Waals surface area contributed by atoms with E-state index in [4.69, 9.17) is 16.3 Å². The first-order valence-electron chi connectivity index (χ1n) is 6.08. The second-order valence-electron chi connectivity index (χ2n) is 4.14. The molecule has 0 saturated heterocycles. The highest BCUT2D eigenvalue weighted by atomic mass is 35.5. The van der Waals surface area contributed by atoms with Crippen LogP contribution in [0, 0.1) is 0 Å². The van der Waals surface area contributed by atoms with Crippen LogP contribution in [0.1, 0.15) is 31.3 Å².